The zero-order valence-corrected chi connectivity index (χ0v) is 16.8. The second-order valence-electron chi connectivity index (χ2n) is 7.65. The summed E-state index contributed by atoms with van der Waals surface area (Å²) in [5.74, 6) is 1.14. The molecule has 7 nitrogen and oxygen atoms in total. The lowest BCUT2D eigenvalue weighted by Crippen LogP contribution is -2.42. The van der Waals surface area contributed by atoms with Crippen LogP contribution in [-0.2, 0) is 11.3 Å². The zero-order valence-electron chi connectivity index (χ0n) is 16.8. The normalized spacial score (nSPS) is 16.5. The Morgan fingerprint density at radius 3 is 2.67 bits per heavy atom. The van der Waals surface area contributed by atoms with Crippen molar-refractivity contribution >= 4 is 16.8 Å². The molecule has 0 aliphatic carbocycles. The summed E-state index contributed by atoms with van der Waals surface area (Å²) in [6, 6.07) is 16.6. The Labute approximate surface area is 173 Å². The number of likely N-dealkylation sites (tertiary alicyclic amines) is 1. The summed E-state index contributed by atoms with van der Waals surface area (Å²) in [5.41, 5.74) is -0.346. The smallest absolute Gasteiger partial charge is 0.328 e. The number of aromatic amines is 1. The number of aromatic nitrogens is 2. The number of H-pyrrole nitrogens is 1. The van der Waals surface area contributed by atoms with E-state index in [4.69, 9.17) is 4.74 Å². The molecule has 1 aliphatic rings. The minimum absolute atomic E-state index is 0.0154. The summed E-state index contributed by atoms with van der Waals surface area (Å²) in [5, 5.41) is 0.445. The Morgan fingerprint density at radius 1 is 1.07 bits per heavy atom. The molecule has 1 unspecified atom stereocenters. The number of benzene rings is 2. The Kier molecular flexibility index (Phi) is 5.97. The lowest BCUT2D eigenvalue weighted by molar-refractivity contribution is -0.133. The first-order valence-electron chi connectivity index (χ1n) is 10.3. The molecule has 30 heavy (non-hydrogen) atoms. The molecule has 4 rings (SSSR count). The van der Waals surface area contributed by atoms with Crippen LogP contribution in [0.4, 0.5) is 0 Å². The molecule has 1 amide bonds. The van der Waals surface area contributed by atoms with Crippen molar-refractivity contribution in [1.29, 1.82) is 0 Å². The lowest BCUT2D eigenvalue weighted by Gasteiger charge is -2.32. The number of rotatable bonds is 6. The second kappa shape index (κ2) is 8.98. The van der Waals surface area contributed by atoms with Crippen LogP contribution in [0.2, 0.25) is 0 Å². The van der Waals surface area contributed by atoms with Crippen LogP contribution in [0.1, 0.15) is 19.3 Å². The van der Waals surface area contributed by atoms with Crippen molar-refractivity contribution in [3.8, 4) is 5.75 Å². The number of nitrogens with one attached hydrogen (secondary N) is 1. The van der Waals surface area contributed by atoms with E-state index in [9.17, 15) is 14.4 Å². The van der Waals surface area contributed by atoms with Crippen LogP contribution in [0.5, 0.6) is 5.75 Å². The number of aryl methyl sites for hydroxylation is 1. The highest BCUT2D eigenvalue weighted by atomic mass is 16.5. The van der Waals surface area contributed by atoms with E-state index in [0.29, 0.717) is 30.0 Å². The van der Waals surface area contributed by atoms with E-state index >= 15 is 0 Å². The number of nitrogens with zero attached hydrogens (tertiary/aromatic N) is 2. The molecule has 1 atom stereocenters. The van der Waals surface area contributed by atoms with Gasteiger partial charge in [-0.1, -0.05) is 30.3 Å². The summed E-state index contributed by atoms with van der Waals surface area (Å²) in [7, 11) is 0. The Hall–Kier alpha value is -3.35. The van der Waals surface area contributed by atoms with Gasteiger partial charge >= 0.3 is 5.69 Å². The first-order chi connectivity index (χ1) is 14.6. The van der Waals surface area contributed by atoms with E-state index in [1.54, 1.807) is 24.3 Å². The van der Waals surface area contributed by atoms with Gasteiger partial charge in [0, 0.05) is 32.0 Å². The van der Waals surface area contributed by atoms with Crippen LogP contribution in [0.3, 0.4) is 0 Å². The van der Waals surface area contributed by atoms with Gasteiger partial charge < -0.3 is 9.64 Å². The fourth-order valence-electron chi connectivity index (χ4n) is 3.99. The maximum Gasteiger partial charge on any atom is 0.328 e. The van der Waals surface area contributed by atoms with Crippen molar-refractivity contribution in [3.63, 3.8) is 0 Å². The number of carbonyl (C=O) groups excluding carboxylic acids is 1. The van der Waals surface area contributed by atoms with Gasteiger partial charge in [-0.05, 0) is 37.1 Å². The van der Waals surface area contributed by atoms with Crippen LogP contribution in [0.15, 0.2) is 64.2 Å². The van der Waals surface area contributed by atoms with Gasteiger partial charge in [0.15, 0.2) is 0 Å². The fraction of sp³-hybridized carbons (Fsp3) is 0.348. The van der Waals surface area contributed by atoms with Crippen LogP contribution in [0.25, 0.3) is 10.9 Å². The van der Waals surface area contributed by atoms with Crippen molar-refractivity contribution in [3.05, 3.63) is 75.4 Å². The molecule has 1 N–H and O–H groups in total. The molecule has 0 bridgehead atoms. The van der Waals surface area contributed by atoms with Crippen molar-refractivity contribution in [2.45, 2.75) is 25.8 Å². The summed E-state index contributed by atoms with van der Waals surface area (Å²) in [6.45, 7) is 2.20. The standard InChI is InChI=1S/C23H25N3O4/c27-21(12-14-26-20-11-5-4-10-19(20)22(28)24-23(26)29)25-13-6-7-17(15-25)16-30-18-8-2-1-3-9-18/h1-5,8-11,17H,6-7,12-16H2,(H,24,28,29). The molecule has 3 aromatic rings. The summed E-state index contributed by atoms with van der Waals surface area (Å²) < 4.78 is 7.33. The Morgan fingerprint density at radius 2 is 1.83 bits per heavy atom. The molecule has 0 spiro atoms. The van der Waals surface area contributed by atoms with Crippen LogP contribution >= 0.6 is 0 Å². The highest BCUT2D eigenvalue weighted by Gasteiger charge is 2.24. The lowest BCUT2D eigenvalue weighted by atomic mass is 9.98. The molecule has 2 aromatic carbocycles. The zero-order chi connectivity index (χ0) is 20.9. The Balaban J connectivity index is 1.38. The number of carbonyl (C=O) groups is 1. The molecule has 1 fully saturated rings. The van der Waals surface area contributed by atoms with E-state index in [1.807, 2.05) is 35.2 Å². The predicted octanol–water partition coefficient (Wildman–Crippen LogP) is 2.40. The highest BCUT2D eigenvalue weighted by molar-refractivity contribution is 5.79. The monoisotopic (exact) mass is 407 g/mol. The minimum atomic E-state index is -0.487. The molecule has 1 aromatic heterocycles. The predicted molar refractivity (Wildman–Crippen MR) is 115 cm³/mol. The SMILES string of the molecule is O=C(CCn1c(=O)[nH]c(=O)c2ccccc21)N1CCCC(COc2ccccc2)C1. The van der Waals surface area contributed by atoms with Crippen molar-refractivity contribution in [2.24, 2.45) is 5.92 Å². The van der Waals surface area contributed by atoms with Crippen molar-refractivity contribution < 1.29 is 9.53 Å². The maximum absolute atomic E-state index is 12.8. The third-order valence-corrected chi connectivity index (χ3v) is 5.55. The molecule has 2 heterocycles. The molecule has 0 radical (unpaired) electrons. The number of hydrogen-bond acceptors (Lipinski definition) is 4. The largest absolute Gasteiger partial charge is 0.493 e. The van der Waals surface area contributed by atoms with E-state index in [-0.39, 0.29) is 18.9 Å². The topological polar surface area (TPSA) is 84.4 Å². The van der Waals surface area contributed by atoms with E-state index in [1.165, 1.54) is 4.57 Å². The van der Waals surface area contributed by atoms with Crippen LogP contribution < -0.4 is 16.0 Å². The second-order valence-corrected chi connectivity index (χ2v) is 7.65. The van der Waals surface area contributed by atoms with Gasteiger partial charge in [-0.15, -0.1) is 0 Å². The molecule has 1 aliphatic heterocycles. The van der Waals surface area contributed by atoms with Gasteiger partial charge in [-0.3, -0.25) is 19.1 Å². The first kappa shape index (κ1) is 19.9. The van der Waals surface area contributed by atoms with Crippen LogP contribution in [-0.4, -0.2) is 40.1 Å². The summed E-state index contributed by atoms with van der Waals surface area (Å²) in [6.07, 6.45) is 2.18. The molecule has 0 saturated carbocycles. The van der Waals surface area contributed by atoms with Gasteiger partial charge in [0.2, 0.25) is 5.91 Å². The quantitative estimate of drug-likeness (QED) is 0.680. The number of hydrogen-bond donors (Lipinski definition) is 1. The van der Waals surface area contributed by atoms with Crippen molar-refractivity contribution in [2.75, 3.05) is 19.7 Å². The number of para-hydroxylation sites is 2. The van der Waals surface area contributed by atoms with E-state index in [0.717, 1.165) is 25.1 Å². The van der Waals surface area contributed by atoms with Gasteiger partial charge in [-0.2, -0.15) is 0 Å². The summed E-state index contributed by atoms with van der Waals surface area (Å²) >= 11 is 0. The number of fused-ring (bicyclic) bond motifs is 1. The van der Waals surface area contributed by atoms with Gasteiger partial charge in [0.25, 0.3) is 5.56 Å². The number of piperidine rings is 1. The highest BCUT2D eigenvalue weighted by Crippen LogP contribution is 2.19. The first-order valence-corrected chi connectivity index (χ1v) is 10.3. The van der Waals surface area contributed by atoms with Gasteiger partial charge in [0.05, 0.1) is 17.5 Å². The third-order valence-electron chi connectivity index (χ3n) is 5.55. The fourth-order valence-corrected chi connectivity index (χ4v) is 3.99. The molecule has 156 valence electrons. The van der Waals surface area contributed by atoms with Crippen LogP contribution in [0, 0.1) is 5.92 Å². The third kappa shape index (κ3) is 4.45. The molecule has 1 saturated heterocycles. The Bertz CT molecular complexity index is 1140. The maximum atomic E-state index is 12.8. The van der Waals surface area contributed by atoms with Gasteiger partial charge in [0.1, 0.15) is 5.75 Å². The average molecular weight is 407 g/mol. The van der Waals surface area contributed by atoms with Gasteiger partial charge in [-0.25, -0.2) is 4.79 Å². The molecular formula is C23H25N3O4. The van der Waals surface area contributed by atoms with E-state index in [2.05, 4.69) is 4.98 Å². The number of amides is 1. The van der Waals surface area contributed by atoms with Crippen molar-refractivity contribution in [1.82, 2.24) is 14.5 Å². The summed E-state index contributed by atoms with van der Waals surface area (Å²) in [4.78, 5) is 41.3. The number of ether oxygens (including phenoxy) is 1. The molecule has 7 heteroatoms. The minimum Gasteiger partial charge on any atom is -0.493 e. The molecular weight excluding hydrogens is 382 g/mol. The average Bonchev–Trinajstić information content (AvgIpc) is 2.78. The van der Waals surface area contributed by atoms with E-state index < -0.39 is 11.2 Å².